The third kappa shape index (κ3) is 3.33. The van der Waals surface area contributed by atoms with Gasteiger partial charge < -0.3 is 10.4 Å². The van der Waals surface area contributed by atoms with Crippen LogP contribution in [0.4, 0.5) is 5.69 Å². The van der Waals surface area contributed by atoms with Gasteiger partial charge in [-0.3, -0.25) is 9.48 Å². The molecule has 10 heteroatoms. The van der Waals surface area contributed by atoms with Gasteiger partial charge >= 0.3 is 5.97 Å². The second-order valence-electron chi connectivity index (χ2n) is 6.40. The third-order valence-corrected chi connectivity index (χ3v) is 4.38. The monoisotopic (exact) mass is 371 g/mol. The lowest BCUT2D eigenvalue weighted by molar-refractivity contribution is 0.0692. The first-order valence-electron chi connectivity index (χ1n) is 8.30. The number of aryl methyl sites for hydroxylation is 4. The summed E-state index contributed by atoms with van der Waals surface area (Å²) < 4.78 is 4.81. The minimum absolute atomic E-state index is 0.0207. The summed E-state index contributed by atoms with van der Waals surface area (Å²) in [6.45, 7) is 7.91. The van der Waals surface area contributed by atoms with Crippen molar-refractivity contribution in [1.82, 2.24) is 29.3 Å². The fourth-order valence-electron chi connectivity index (χ4n) is 3.00. The first kappa shape index (κ1) is 18.4. The number of aromatic nitrogens is 6. The molecule has 27 heavy (non-hydrogen) atoms. The Balaban J connectivity index is 1.89. The SMILES string of the molecule is Cc1cc(C)n(Cn2nc(C)c(NC(=O)c3c(C(=O)O)cnn3C)c2C)n1. The van der Waals surface area contributed by atoms with Gasteiger partial charge in [0.1, 0.15) is 17.9 Å². The van der Waals surface area contributed by atoms with Crippen LogP contribution >= 0.6 is 0 Å². The molecule has 0 fully saturated rings. The Morgan fingerprint density at radius 2 is 1.85 bits per heavy atom. The van der Waals surface area contributed by atoms with Gasteiger partial charge in [-0.1, -0.05) is 0 Å². The van der Waals surface area contributed by atoms with Gasteiger partial charge in [0.15, 0.2) is 0 Å². The smallest absolute Gasteiger partial charge is 0.339 e. The Labute approximate surface area is 155 Å². The molecule has 0 saturated heterocycles. The summed E-state index contributed by atoms with van der Waals surface area (Å²) in [5.41, 5.74) is 3.66. The summed E-state index contributed by atoms with van der Waals surface area (Å²) in [5, 5.41) is 24.8. The second kappa shape index (κ2) is 6.71. The fraction of sp³-hybridized carbons (Fsp3) is 0.353. The maximum absolute atomic E-state index is 12.7. The van der Waals surface area contributed by atoms with E-state index >= 15 is 0 Å². The van der Waals surface area contributed by atoms with Crippen LogP contribution in [0.1, 0.15) is 43.6 Å². The van der Waals surface area contributed by atoms with Crippen molar-refractivity contribution in [3.63, 3.8) is 0 Å². The van der Waals surface area contributed by atoms with Crippen molar-refractivity contribution in [1.29, 1.82) is 0 Å². The number of carboxylic acid groups (broad SMARTS) is 1. The summed E-state index contributed by atoms with van der Waals surface area (Å²) in [5.74, 6) is -1.76. The first-order valence-corrected chi connectivity index (χ1v) is 8.30. The maximum atomic E-state index is 12.7. The molecule has 0 aliphatic rings. The zero-order valence-corrected chi connectivity index (χ0v) is 15.8. The summed E-state index contributed by atoms with van der Waals surface area (Å²) in [6.07, 6.45) is 1.16. The van der Waals surface area contributed by atoms with Crippen molar-refractivity contribution in [2.75, 3.05) is 5.32 Å². The van der Waals surface area contributed by atoms with E-state index in [1.165, 1.54) is 11.7 Å². The molecule has 0 aliphatic heterocycles. The highest BCUT2D eigenvalue weighted by atomic mass is 16.4. The number of aromatic carboxylic acids is 1. The van der Waals surface area contributed by atoms with Crippen molar-refractivity contribution in [2.24, 2.45) is 7.05 Å². The van der Waals surface area contributed by atoms with E-state index in [1.807, 2.05) is 31.5 Å². The van der Waals surface area contributed by atoms with Crippen LogP contribution in [0.15, 0.2) is 12.3 Å². The van der Waals surface area contributed by atoms with Crippen molar-refractivity contribution in [2.45, 2.75) is 34.4 Å². The number of nitrogens with zero attached hydrogens (tertiary/aromatic N) is 6. The lowest BCUT2D eigenvalue weighted by Gasteiger charge is -2.09. The normalized spacial score (nSPS) is 11.0. The average molecular weight is 371 g/mol. The Kier molecular flexibility index (Phi) is 4.56. The van der Waals surface area contributed by atoms with E-state index in [1.54, 1.807) is 11.6 Å². The van der Waals surface area contributed by atoms with Gasteiger partial charge in [-0.25, -0.2) is 14.2 Å². The molecule has 0 aliphatic carbocycles. The first-order chi connectivity index (χ1) is 12.7. The van der Waals surface area contributed by atoms with Gasteiger partial charge in [-0.15, -0.1) is 0 Å². The number of nitrogens with one attached hydrogen (secondary N) is 1. The minimum atomic E-state index is -1.21. The van der Waals surface area contributed by atoms with Crippen LogP contribution in [-0.2, 0) is 13.7 Å². The molecule has 3 aromatic heterocycles. The molecule has 1 amide bonds. The number of hydrogen-bond acceptors (Lipinski definition) is 5. The lowest BCUT2D eigenvalue weighted by Crippen LogP contribution is -2.20. The number of carbonyl (C=O) groups excluding carboxylic acids is 1. The molecule has 3 aromatic rings. The van der Waals surface area contributed by atoms with E-state index < -0.39 is 11.9 Å². The van der Waals surface area contributed by atoms with E-state index in [9.17, 15) is 14.7 Å². The summed E-state index contributed by atoms with van der Waals surface area (Å²) in [6, 6.07) is 1.98. The van der Waals surface area contributed by atoms with Gasteiger partial charge in [0.25, 0.3) is 5.91 Å². The van der Waals surface area contributed by atoms with Crippen molar-refractivity contribution >= 4 is 17.6 Å². The Bertz CT molecular complexity index is 1040. The zero-order chi connectivity index (χ0) is 19.9. The molecule has 0 unspecified atom stereocenters. The van der Waals surface area contributed by atoms with Gasteiger partial charge in [-0.2, -0.15) is 15.3 Å². The maximum Gasteiger partial charge on any atom is 0.339 e. The Hall–Kier alpha value is -3.43. The number of carboxylic acids is 1. The van der Waals surface area contributed by atoms with Gasteiger partial charge in [-0.05, 0) is 33.8 Å². The molecule has 0 aromatic carbocycles. The molecule has 2 N–H and O–H groups in total. The molecule has 0 radical (unpaired) electrons. The lowest BCUT2D eigenvalue weighted by atomic mass is 10.2. The van der Waals surface area contributed by atoms with Crippen LogP contribution in [0.25, 0.3) is 0 Å². The third-order valence-electron chi connectivity index (χ3n) is 4.38. The molecule has 3 rings (SSSR count). The quantitative estimate of drug-likeness (QED) is 0.701. The predicted molar refractivity (Wildman–Crippen MR) is 96.9 cm³/mol. The largest absolute Gasteiger partial charge is 0.478 e. The summed E-state index contributed by atoms with van der Waals surface area (Å²) in [4.78, 5) is 24.0. The molecule has 10 nitrogen and oxygen atoms in total. The van der Waals surface area contributed by atoms with Crippen LogP contribution in [0, 0.1) is 27.7 Å². The number of rotatable bonds is 5. The molecular formula is C17H21N7O3. The molecular weight excluding hydrogens is 350 g/mol. The van der Waals surface area contributed by atoms with E-state index in [4.69, 9.17) is 0 Å². The van der Waals surface area contributed by atoms with Crippen LogP contribution in [0.2, 0.25) is 0 Å². The average Bonchev–Trinajstić information content (AvgIpc) is 3.20. The van der Waals surface area contributed by atoms with Crippen molar-refractivity contribution in [3.8, 4) is 0 Å². The minimum Gasteiger partial charge on any atom is -0.478 e. The predicted octanol–water partition coefficient (Wildman–Crippen LogP) is 1.50. The Morgan fingerprint density at radius 3 is 2.44 bits per heavy atom. The molecule has 0 bridgehead atoms. The highest BCUT2D eigenvalue weighted by molar-refractivity contribution is 6.09. The number of anilines is 1. The molecule has 3 heterocycles. The Morgan fingerprint density at radius 1 is 1.15 bits per heavy atom. The van der Waals surface area contributed by atoms with E-state index in [0.717, 1.165) is 23.3 Å². The zero-order valence-electron chi connectivity index (χ0n) is 15.8. The standard InChI is InChI=1S/C17H21N7O3/c1-9-6-10(2)23(20-9)8-24-12(4)14(11(3)21-24)19-16(25)15-13(17(26)27)7-18-22(15)5/h6-7H,8H2,1-5H3,(H,19,25)(H,26,27). The number of carbonyl (C=O) groups is 2. The number of amides is 1. The van der Waals surface area contributed by atoms with Gasteiger partial charge in [0.2, 0.25) is 0 Å². The van der Waals surface area contributed by atoms with Crippen LogP contribution in [0.5, 0.6) is 0 Å². The summed E-state index contributed by atoms with van der Waals surface area (Å²) >= 11 is 0. The van der Waals surface area contributed by atoms with E-state index in [2.05, 4.69) is 20.6 Å². The molecule has 0 saturated carbocycles. The van der Waals surface area contributed by atoms with Crippen LogP contribution in [-0.4, -0.2) is 46.3 Å². The van der Waals surface area contributed by atoms with E-state index in [-0.39, 0.29) is 11.3 Å². The van der Waals surface area contributed by atoms with Crippen LogP contribution in [0.3, 0.4) is 0 Å². The second-order valence-corrected chi connectivity index (χ2v) is 6.40. The van der Waals surface area contributed by atoms with Crippen LogP contribution < -0.4 is 5.32 Å². The topological polar surface area (TPSA) is 120 Å². The van der Waals surface area contributed by atoms with Gasteiger partial charge in [0.05, 0.1) is 29.0 Å². The van der Waals surface area contributed by atoms with Crippen molar-refractivity contribution < 1.29 is 14.7 Å². The number of hydrogen-bond donors (Lipinski definition) is 2. The van der Waals surface area contributed by atoms with Gasteiger partial charge in [0, 0.05) is 12.7 Å². The summed E-state index contributed by atoms with van der Waals surface area (Å²) in [7, 11) is 1.52. The highest BCUT2D eigenvalue weighted by Crippen LogP contribution is 2.21. The van der Waals surface area contributed by atoms with E-state index in [0.29, 0.717) is 18.1 Å². The molecule has 142 valence electrons. The van der Waals surface area contributed by atoms with Crippen molar-refractivity contribution in [3.05, 3.63) is 46.3 Å². The molecule has 0 spiro atoms. The fourth-order valence-corrected chi connectivity index (χ4v) is 3.00. The highest BCUT2D eigenvalue weighted by Gasteiger charge is 2.24. The molecule has 0 atom stereocenters.